The van der Waals surface area contributed by atoms with Gasteiger partial charge in [-0.25, -0.2) is 18.1 Å². The van der Waals surface area contributed by atoms with E-state index >= 15 is 0 Å². The molecule has 0 spiro atoms. The highest BCUT2D eigenvalue weighted by atomic mass is 35.5. The number of anilines is 1. The molecule has 36 heavy (non-hydrogen) atoms. The largest absolute Gasteiger partial charge is 0.480 e. The Balaban J connectivity index is 1.90. The van der Waals surface area contributed by atoms with E-state index in [-0.39, 0.29) is 39.1 Å². The van der Waals surface area contributed by atoms with E-state index in [1.54, 1.807) is 0 Å². The van der Waals surface area contributed by atoms with Crippen LogP contribution >= 0.6 is 11.6 Å². The van der Waals surface area contributed by atoms with Crippen molar-refractivity contribution in [3.05, 3.63) is 80.2 Å². The Bertz CT molecular complexity index is 1680. The van der Waals surface area contributed by atoms with Gasteiger partial charge in [0, 0.05) is 25.2 Å². The van der Waals surface area contributed by atoms with Crippen LogP contribution in [-0.4, -0.2) is 39.3 Å². The van der Waals surface area contributed by atoms with Crippen LogP contribution in [0.5, 0.6) is 5.88 Å². The molecular weight excluding hydrogens is 494 g/mol. The summed E-state index contributed by atoms with van der Waals surface area (Å²) in [6.07, 6.45) is 2.74. The highest BCUT2D eigenvalue weighted by Crippen LogP contribution is 2.30. The third-order valence-electron chi connectivity index (χ3n) is 5.99. The topological polar surface area (TPSA) is 106 Å². The van der Waals surface area contributed by atoms with Crippen molar-refractivity contribution in [1.82, 2.24) is 19.1 Å². The van der Waals surface area contributed by atoms with Crippen molar-refractivity contribution in [2.75, 3.05) is 25.1 Å². The summed E-state index contributed by atoms with van der Waals surface area (Å²) in [4.78, 5) is 37.4. The number of nitriles is 1. The first-order valence-electron chi connectivity index (χ1n) is 10.8. The predicted octanol–water partition coefficient (Wildman–Crippen LogP) is 3.22. The third-order valence-corrected chi connectivity index (χ3v) is 6.28. The fourth-order valence-corrected chi connectivity index (χ4v) is 4.46. The monoisotopic (exact) mass is 510 g/mol. The second kappa shape index (κ2) is 9.05. The summed E-state index contributed by atoms with van der Waals surface area (Å²) in [5.41, 5.74) is -1.51. The van der Waals surface area contributed by atoms with Crippen LogP contribution in [-0.2, 0) is 0 Å². The van der Waals surface area contributed by atoms with Crippen molar-refractivity contribution in [1.29, 1.82) is 5.26 Å². The van der Waals surface area contributed by atoms with E-state index in [0.717, 1.165) is 27.5 Å². The first-order chi connectivity index (χ1) is 17.3. The van der Waals surface area contributed by atoms with Gasteiger partial charge in [-0.3, -0.25) is 14.3 Å². The number of pyridine rings is 2. The molecule has 1 fully saturated rings. The van der Waals surface area contributed by atoms with Gasteiger partial charge in [0.25, 0.3) is 5.56 Å². The average Bonchev–Trinajstić information content (AvgIpc) is 3.35. The molecule has 182 valence electrons. The van der Waals surface area contributed by atoms with Gasteiger partial charge in [0.05, 0.1) is 53.4 Å². The summed E-state index contributed by atoms with van der Waals surface area (Å²) < 4.78 is 35.3. The van der Waals surface area contributed by atoms with Crippen molar-refractivity contribution in [2.24, 2.45) is 5.92 Å². The molecule has 1 aliphatic heterocycles. The molecule has 12 heteroatoms. The molecular formula is C24H17ClF2N6O3. The molecule has 4 aromatic rings. The number of hydrogen-bond acceptors (Lipinski definition) is 7. The summed E-state index contributed by atoms with van der Waals surface area (Å²) in [6.45, 7) is 0.954. The van der Waals surface area contributed by atoms with E-state index in [4.69, 9.17) is 16.3 Å². The number of rotatable bonds is 4. The molecule has 1 aromatic carbocycles. The van der Waals surface area contributed by atoms with E-state index in [2.05, 4.69) is 16.0 Å². The van der Waals surface area contributed by atoms with Gasteiger partial charge in [-0.15, -0.1) is 0 Å². The van der Waals surface area contributed by atoms with Crippen molar-refractivity contribution in [3.63, 3.8) is 0 Å². The van der Waals surface area contributed by atoms with E-state index < -0.39 is 22.9 Å². The van der Waals surface area contributed by atoms with Crippen LogP contribution in [0.2, 0.25) is 5.02 Å². The van der Waals surface area contributed by atoms with E-state index in [1.165, 1.54) is 31.5 Å². The van der Waals surface area contributed by atoms with Crippen molar-refractivity contribution < 1.29 is 13.5 Å². The number of ether oxygens (including phenoxy) is 1. The van der Waals surface area contributed by atoms with Crippen molar-refractivity contribution in [2.45, 2.75) is 6.42 Å². The Morgan fingerprint density at radius 3 is 2.61 bits per heavy atom. The van der Waals surface area contributed by atoms with Gasteiger partial charge in [-0.1, -0.05) is 11.6 Å². The molecule has 0 bridgehead atoms. The van der Waals surface area contributed by atoms with Crippen LogP contribution in [0.1, 0.15) is 6.42 Å². The highest BCUT2D eigenvalue weighted by Gasteiger charge is 2.27. The van der Waals surface area contributed by atoms with Crippen molar-refractivity contribution >= 4 is 28.3 Å². The molecule has 1 atom stereocenters. The molecule has 4 heterocycles. The SMILES string of the molecule is COc1nc(N2CC[C@@H](C#N)C2)cc2c1c(=O)n(-c1cncc(F)c1)c(=O)n2-c1ccc(F)c(Cl)c1. The summed E-state index contributed by atoms with van der Waals surface area (Å²) in [7, 11) is 1.32. The van der Waals surface area contributed by atoms with Crippen LogP contribution in [0.25, 0.3) is 22.3 Å². The molecule has 5 rings (SSSR count). The normalized spacial score (nSPS) is 15.3. The Morgan fingerprint density at radius 2 is 1.94 bits per heavy atom. The molecule has 0 aliphatic carbocycles. The van der Waals surface area contributed by atoms with Crippen LogP contribution in [0.3, 0.4) is 0 Å². The summed E-state index contributed by atoms with van der Waals surface area (Å²) >= 11 is 6.01. The molecule has 0 unspecified atom stereocenters. The molecule has 9 nitrogen and oxygen atoms in total. The Morgan fingerprint density at radius 1 is 1.14 bits per heavy atom. The summed E-state index contributed by atoms with van der Waals surface area (Å²) in [6, 6.07) is 8.41. The van der Waals surface area contributed by atoms with Gasteiger partial charge in [0.2, 0.25) is 5.88 Å². The number of methoxy groups -OCH3 is 1. The van der Waals surface area contributed by atoms with Crippen LogP contribution < -0.4 is 20.9 Å². The molecule has 1 saturated heterocycles. The van der Waals surface area contributed by atoms with Gasteiger partial charge in [0.1, 0.15) is 22.8 Å². The lowest BCUT2D eigenvalue weighted by atomic mass is 10.1. The lowest BCUT2D eigenvalue weighted by molar-refractivity contribution is 0.402. The second-order valence-electron chi connectivity index (χ2n) is 8.16. The van der Waals surface area contributed by atoms with Gasteiger partial charge >= 0.3 is 5.69 Å². The first-order valence-corrected chi connectivity index (χ1v) is 11.2. The molecule has 0 amide bonds. The zero-order chi connectivity index (χ0) is 25.6. The lowest BCUT2D eigenvalue weighted by Crippen LogP contribution is -2.39. The highest BCUT2D eigenvalue weighted by molar-refractivity contribution is 6.30. The number of halogens is 3. The van der Waals surface area contributed by atoms with E-state index in [0.29, 0.717) is 25.3 Å². The van der Waals surface area contributed by atoms with Gasteiger partial charge in [0.15, 0.2) is 0 Å². The van der Waals surface area contributed by atoms with Crippen LogP contribution in [0, 0.1) is 28.9 Å². The van der Waals surface area contributed by atoms with Gasteiger partial charge in [-0.05, 0) is 24.6 Å². The fraction of sp³-hybridized carbons (Fsp3) is 0.208. The number of hydrogen-bond donors (Lipinski definition) is 0. The molecule has 0 radical (unpaired) electrons. The standard InChI is InChI=1S/C24H17ClF2N6O3/c1-36-22-21-19(8-20(30-22)31-5-4-13(9-28)12-31)32(15-2-3-18(27)17(25)7-15)24(35)33(23(21)34)16-6-14(26)10-29-11-16/h2-3,6-8,10-11,13H,4-5,12H2,1H3/t13-/m0/s1. The molecule has 3 aromatic heterocycles. The molecule has 0 saturated carbocycles. The molecule has 1 aliphatic rings. The predicted molar refractivity (Wildman–Crippen MR) is 128 cm³/mol. The van der Waals surface area contributed by atoms with Crippen LogP contribution in [0.4, 0.5) is 14.6 Å². The number of benzene rings is 1. The lowest BCUT2D eigenvalue weighted by Gasteiger charge is -2.21. The zero-order valence-corrected chi connectivity index (χ0v) is 19.5. The zero-order valence-electron chi connectivity index (χ0n) is 18.8. The number of nitrogens with zero attached hydrogens (tertiary/aromatic N) is 6. The van der Waals surface area contributed by atoms with Gasteiger partial charge < -0.3 is 9.64 Å². The summed E-state index contributed by atoms with van der Waals surface area (Å²) in [5, 5.41) is 8.98. The minimum atomic E-state index is -0.863. The van der Waals surface area contributed by atoms with Crippen molar-refractivity contribution in [3.8, 4) is 23.3 Å². The fourth-order valence-electron chi connectivity index (χ4n) is 4.28. The quantitative estimate of drug-likeness (QED) is 0.415. The first kappa shape index (κ1) is 23.4. The van der Waals surface area contributed by atoms with E-state index in [9.17, 15) is 23.6 Å². The summed E-state index contributed by atoms with van der Waals surface area (Å²) in [5.74, 6) is -1.33. The number of fused-ring (bicyclic) bond motifs is 1. The maximum absolute atomic E-state index is 14.0. The van der Waals surface area contributed by atoms with Crippen LogP contribution in [0.15, 0.2) is 52.3 Å². The maximum atomic E-state index is 14.0. The van der Waals surface area contributed by atoms with Gasteiger partial charge in [-0.2, -0.15) is 10.2 Å². The second-order valence-corrected chi connectivity index (χ2v) is 8.57. The Hall–Kier alpha value is -4.30. The average molecular weight is 511 g/mol. The minimum absolute atomic E-state index is 0.0680. The van der Waals surface area contributed by atoms with E-state index in [1.807, 2.05) is 4.90 Å². The molecule has 0 N–H and O–H groups in total. The smallest absolute Gasteiger partial charge is 0.340 e. The minimum Gasteiger partial charge on any atom is -0.480 e. The number of aromatic nitrogens is 4. The third kappa shape index (κ3) is 3.85. The Kier molecular flexibility index (Phi) is 5.89. The Labute approximate surface area is 207 Å². The maximum Gasteiger partial charge on any atom is 0.340 e.